The van der Waals surface area contributed by atoms with Gasteiger partial charge in [-0.2, -0.15) is 13.2 Å². The van der Waals surface area contributed by atoms with E-state index in [1.807, 2.05) is 0 Å². The summed E-state index contributed by atoms with van der Waals surface area (Å²) in [5, 5.41) is 8.54. The van der Waals surface area contributed by atoms with Crippen LogP contribution in [0.25, 0.3) is 0 Å². The number of halogens is 3. The van der Waals surface area contributed by atoms with Gasteiger partial charge in [0.2, 0.25) is 0 Å². The number of carboxylic acids is 1. The summed E-state index contributed by atoms with van der Waals surface area (Å²) >= 11 is 0.272. The Morgan fingerprint density at radius 1 is 1.28 bits per heavy atom. The van der Waals surface area contributed by atoms with Gasteiger partial charge in [-0.1, -0.05) is 41.7 Å². The Labute approximate surface area is 144 Å². The van der Waals surface area contributed by atoms with Crippen molar-refractivity contribution < 1.29 is 32.6 Å². The molecule has 0 saturated carbocycles. The Morgan fingerprint density at radius 2 is 1.92 bits per heavy atom. The molecule has 1 amide bonds. The summed E-state index contributed by atoms with van der Waals surface area (Å²) < 4.78 is 43.8. The maximum Gasteiger partial charge on any atom is 0.435 e. The van der Waals surface area contributed by atoms with Crippen molar-refractivity contribution in [3.8, 4) is 0 Å². The summed E-state index contributed by atoms with van der Waals surface area (Å²) in [4.78, 5) is 26.3. The largest absolute Gasteiger partial charge is 0.477 e. The molecule has 0 bridgehead atoms. The van der Waals surface area contributed by atoms with Gasteiger partial charge < -0.3 is 9.84 Å². The van der Waals surface area contributed by atoms with Crippen LogP contribution in [-0.2, 0) is 17.5 Å². The number of nitrogens with zero attached hydrogens (tertiary/aromatic N) is 2. The number of thiazole rings is 1. The van der Waals surface area contributed by atoms with Crippen LogP contribution in [0.15, 0.2) is 30.3 Å². The molecule has 1 heterocycles. The fourth-order valence-corrected chi connectivity index (χ4v) is 2.88. The number of amides is 1. The molecule has 1 N–H and O–H groups in total. The molecule has 0 aliphatic heterocycles. The molecular weight excluding hydrogens is 361 g/mol. The van der Waals surface area contributed by atoms with E-state index in [0.29, 0.717) is 5.56 Å². The fraction of sp³-hybridized carbons (Fsp3) is 0.267. The quantitative estimate of drug-likeness (QED) is 0.855. The number of benzene rings is 1. The molecule has 1 aromatic heterocycles. The number of anilines is 1. The summed E-state index contributed by atoms with van der Waals surface area (Å²) in [5.74, 6) is -1.76. The first-order valence-corrected chi connectivity index (χ1v) is 7.85. The molecule has 0 aliphatic rings. The Hall–Kier alpha value is -2.62. The molecule has 25 heavy (non-hydrogen) atoms. The standard InChI is InChI=1S/C15H13F3N2O4S/c1-2-20(14(23)24-8-9-6-4-3-5-7-9)13-19-11(15(16,17)18)10(25-13)12(21)22/h3-7H,2,8H2,1H3,(H,21,22). The first-order chi connectivity index (χ1) is 11.7. The summed E-state index contributed by atoms with van der Waals surface area (Å²) in [6.45, 7) is 1.41. The van der Waals surface area contributed by atoms with Gasteiger partial charge in [0, 0.05) is 6.54 Å². The minimum Gasteiger partial charge on any atom is -0.477 e. The Morgan fingerprint density at radius 3 is 2.40 bits per heavy atom. The number of aromatic nitrogens is 1. The van der Waals surface area contributed by atoms with Crippen LogP contribution in [0.2, 0.25) is 0 Å². The zero-order chi connectivity index (χ0) is 18.6. The molecular formula is C15H13F3N2O4S. The molecule has 10 heteroatoms. The number of aromatic carboxylic acids is 1. The summed E-state index contributed by atoms with van der Waals surface area (Å²) in [6.07, 6.45) is -5.85. The van der Waals surface area contributed by atoms with Crippen LogP contribution in [0.1, 0.15) is 27.9 Å². The second kappa shape index (κ2) is 7.51. The highest BCUT2D eigenvalue weighted by Gasteiger charge is 2.40. The van der Waals surface area contributed by atoms with Gasteiger partial charge in [-0.15, -0.1) is 0 Å². The molecule has 0 unspecified atom stereocenters. The van der Waals surface area contributed by atoms with E-state index in [1.54, 1.807) is 30.3 Å². The number of carbonyl (C=O) groups is 2. The Kier molecular flexibility index (Phi) is 5.62. The number of ether oxygens (including phenoxy) is 1. The third-order valence-electron chi connectivity index (χ3n) is 3.05. The zero-order valence-corrected chi connectivity index (χ0v) is 13.7. The second-order valence-corrected chi connectivity index (χ2v) is 5.74. The maximum absolute atomic E-state index is 12.9. The topological polar surface area (TPSA) is 79.7 Å². The number of alkyl halides is 3. The average molecular weight is 374 g/mol. The predicted octanol–water partition coefficient (Wildman–Crippen LogP) is 4.02. The Balaban J connectivity index is 2.22. The highest BCUT2D eigenvalue weighted by molar-refractivity contribution is 7.17. The van der Waals surface area contributed by atoms with E-state index in [-0.39, 0.29) is 29.6 Å². The summed E-state index contributed by atoms with van der Waals surface area (Å²) in [5.41, 5.74) is -0.831. The van der Waals surface area contributed by atoms with Gasteiger partial charge >= 0.3 is 18.2 Å². The fourth-order valence-electron chi connectivity index (χ4n) is 1.90. The van der Waals surface area contributed by atoms with E-state index in [4.69, 9.17) is 9.84 Å². The van der Waals surface area contributed by atoms with Gasteiger partial charge in [-0.3, -0.25) is 4.90 Å². The third kappa shape index (κ3) is 4.47. The van der Waals surface area contributed by atoms with E-state index >= 15 is 0 Å². The number of carboxylic acid groups (broad SMARTS) is 1. The van der Waals surface area contributed by atoms with Crippen LogP contribution < -0.4 is 4.90 Å². The van der Waals surface area contributed by atoms with Gasteiger partial charge in [0.15, 0.2) is 10.8 Å². The normalized spacial score (nSPS) is 11.2. The first kappa shape index (κ1) is 18.7. The van der Waals surface area contributed by atoms with E-state index in [1.165, 1.54) is 6.92 Å². The minimum absolute atomic E-state index is 0.0303. The average Bonchev–Trinajstić information content (AvgIpc) is 3.00. The molecule has 0 spiro atoms. The molecule has 2 aromatic rings. The van der Waals surface area contributed by atoms with E-state index < -0.39 is 28.8 Å². The van der Waals surface area contributed by atoms with Crippen molar-refractivity contribution in [2.24, 2.45) is 0 Å². The second-order valence-electron chi connectivity index (χ2n) is 4.76. The van der Waals surface area contributed by atoms with Gasteiger partial charge in [-0.25, -0.2) is 14.6 Å². The van der Waals surface area contributed by atoms with Crippen LogP contribution in [0.4, 0.5) is 23.1 Å². The lowest BCUT2D eigenvalue weighted by atomic mass is 10.2. The lowest BCUT2D eigenvalue weighted by Crippen LogP contribution is -2.31. The van der Waals surface area contributed by atoms with Crippen LogP contribution in [0.5, 0.6) is 0 Å². The monoisotopic (exact) mass is 374 g/mol. The third-order valence-corrected chi connectivity index (χ3v) is 4.12. The molecule has 134 valence electrons. The maximum atomic E-state index is 12.9. The predicted molar refractivity (Wildman–Crippen MR) is 83.7 cm³/mol. The number of rotatable bonds is 5. The first-order valence-electron chi connectivity index (χ1n) is 7.03. The van der Waals surface area contributed by atoms with E-state index in [2.05, 4.69) is 4.98 Å². The van der Waals surface area contributed by atoms with Crippen molar-refractivity contribution in [1.29, 1.82) is 0 Å². The van der Waals surface area contributed by atoms with E-state index in [9.17, 15) is 22.8 Å². The Bertz CT molecular complexity index is 762. The lowest BCUT2D eigenvalue weighted by Gasteiger charge is -2.17. The highest BCUT2D eigenvalue weighted by atomic mass is 32.1. The zero-order valence-electron chi connectivity index (χ0n) is 12.9. The summed E-state index contributed by atoms with van der Waals surface area (Å²) in [6, 6.07) is 8.71. The van der Waals surface area contributed by atoms with Crippen LogP contribution in [0, 0.1) is 0 Å². The molecule has 0 saturated heterocycles. The molecule has 0 fully saturated rings. The highest BCUT2D eigenvalue weighted by Crippen LogP contribution is 2.37. The van der Waals surface area contributed by atoms with E-state index in [0.717, 1.165) is 4.90 Å². The smallest absolute Gasteiger partial charge is 0.435 e. The summed E-state index contributed by atoms with van der Waals surface area (Å²) in [7, 11) is 0. The van der Waals surface area contributed by atoms with Crippen LogP contribution in [0.3, 0.4) is 0 Å². The number of hydrogen-bond acceptors (Lipinski definition) is 5. The number of carbonyl (C=O) groups excluding carboxylic acids is 1. The molecule has 6 nitrogen and oxygen atoms in total. The molecule has 2 rings (SSSR count). The van der Waals surface area contributed by atoms with Gasteiger partial charge in [0.05, 0.1) is 0 Å². The number of hydrogen-bond donors (Lipinski definition) is 1. The van der Waals surface area contributed by atoms with Gasteiger partial charge in [0.1, 0.15) is 11.5 Å². The van der Waals surface area contributed by atoms with Crippen molar-refractivity contribution in [1.82, 2.24) is 4.98 Å². The molecule has 0 atom stereocenters. The van der Waals surface area contributed by atoms with Crippen LogP contribution >= 0.6 is 11.3 Å². The van der Waals surface area contributed by atoms with Crippen molar-refractivity contribution in [2.45, 2.75) is 19.7 Å². The van der Waals surface area contributed by atoms with Gasteiger partial charge in [0.25, 0.3) is 0 Å². The molecule has 1 aromatic carbocycles. The molecule has 0 radical (unpaired) electrons. The van der Waals surface area contributed by atoms with Crippen molar-refractivity contribution >= 4 is 28.5 Å². The SMILES string of the molecule is CCN(C(=O)OCc1ccccc1)c1nc(C(F)(F)F)c(C(=O)O)s1. The van der Waals surface area contributed by atoms with Crippen molar-refractivity contribution in [2.75, 3.05) is 11.4 Å². The van der Waals surface area contributed by atoms with Crippen LogP contribution in [-0.4, -0.2) is 28.7 Å². The van der Waals surface area contributed by atoms with Gasteiger partial charge in [-0.05, 0) is 12.5 Å². The molecule has 0 aliphatic carbocycles. The lowest BCUT2D eigenvalue weighted by molar-refractivity contribution is -0.141. The minimum atomic E-state index is -4.93. The van der Waals surface area contributed by atoms with Crippen molar-refractivity contribution in [3.63, 3.8) is 0 Å². The van der Waals surface area contributed by atoms with Crippen molar-refractivity contribution in [3.05, 3.63) is 46.5 Å².